The van der Waals surface area contributed by atoms with Crippen LogP contribution in [-0.4, -0.2) is 72.6 Å². The standard InChI is InChI=1S/C25H38F3N5O4Si/c1-23(2,3)18(31-22(37)25(26,27)28)21(36)33-14-38(8-6-7-9-38)13-17(33)20(35)30-16(12-29)10-15-11-24(4,5)32-19(15)34/h15-18H,6-11,13-14H2,1-5H3,(H,30,35)(H,31,37)(H,32,34)/t15-,16+,17?,18-/m1/s1. The molecule has 212 valence electrons. The summed E-state index contributed by atoms with van der Waals surface area (Å²) >= 11 is 0. The van der Waals surface area contributed by atoms with E-state index >= 15 is 0 Å². The topological polar surface area (TPSA) is 131 Å². The van der Waals surface area contributed by atoms with Gasteiger partial charge < -0.3 is 20.9 Å². The fourth-order valence-electron chi connectivity index (χ4n) is 6.12. The molecule has 1 unspecified atom stereocenters. The van der Waals surface area contributed by atoms with Crippen molar-refractivity contribution in [1.82, 2.24) is 20.9 Å². The third-order valence-electron chi connectivity index (χ3n) is 7.99. The van der Waals surface area contributed by atoms with Gasteiger partial charge in [0.25, 0.3) is 0 Å². The van der Waals surface area contributed by atoms with Crippen LogP contribution >= 0.6 is 0 Å². The predicted molar refractivity (Wildman–Crippen MR) is 135 cm³/mol. The van der Waals surface area contributed by atoms with Gasteiger partial charge in [-0.2, -0.15) is 18.4 Å². The minimum Gasteiger partial charge on any atom is -0.351 e. The normalized spacial score (nSPS) is 26.0. The number of carbonyl (C=O) groups is 4. The van der Waals surface area contributed by atoms with Crippen molar-refractivity contribution in [3.05, 3.63) is 0 Å². The first-order valence-corrected chi connectivity index (χ1v) is 15.9. The summed E-state index contributed by atoms with van der Waals surface area (Å²) in [5.74, 6) is -4.12. The highest BCUT2D eigenvalue weighted by Gasteiger charge is 2.54. The van der Waals surface area contributed by atoms with Crippen LogP contribution in [0.3, 0.4) is 0 Å². The lowest BCUT2D eigenvalue weighted by atomic mass is 9.85. The average Bonchev–Trinajstić information content (AvgIpc) is 3.47. The van der Waals surface area contributed by atoms with Crippen LogP contribution in [0.1, 0.15) is 60.3 Å². The lowest BCUT2D eigenvalue weighted by Crippen LogP contribution is -2.59. The number of rotatable bonds is 6. The number of hydrogen-bond acceptors (Lipinski definition) is 5. The van der Waals surface area contributed by atoms with Crippen molar-refractivity contribution in [3.63, 3.8) is 0 Å². The van der Waals surface area contributed by atoms with E-state index in [0.717, 1.165) is 24.9 Å². The van der Waals surface area contributed by atoms with Gasteiger partial charge in [0.15, 0.2) is 0 Å². The summed E-state index contributed by atoms with van der Waals surface area (Å²) in [4.78, 5) is 52.7. The zero-order chi connectivity index (χ0) is 28.7. The van der Waals surface area contributed by atoms with E-state index in [1.165, 1.54) is 4.90 Å². The average molecular weight is 558 g/mol. The summed E-state index contributed by atoms with van der Waals surface area (Å²) in [6.07, 6.45) is -2.25. The number of carbonyl (C=O) groups excluding carboxylic acids is 4. The van der Waals surface area contributed by atoms with Gasteiger partial charge in [0.05, 0.1) is 14.1 Å². The van der Waals surface area contributed by atoms with E-state index in [4.69, 9.17) is 0 Å². The van der Waals surface area contributed by atoms with Gasteiger partial charge in [-0.15, -0.1) is 0 Å². The fourth-order valence-corrected chi connectivity index (χ4v) is 11.5. The maximum atomic E-state index is 13.7. The van der Waals surface area contributed by atoms with Crippen molar-refractivity contribution in [2.45, 2.75) is 108 Å². The molecule has 0 saturated carbocycles. The number of alkyl halides is 3. The van der Waals surface area contributed by atoms with Crippen molar-refractivity contribution in [2.24, 2.45) is 11.3 Å². The van der Waals surface area contributed by atoms with Gasteiger partial charge in [-0.1, -0.05) is 45.7 Å². The van der Waals surface area contributed by atoms with Crippen LogP contribution in [-0.2, 0) is 19.2 Å². The summed E-state index contributed by atoms with van der Waals surface area (Å²) in [5.41, 5.74) is -1.46. The maximum absolute atomic E-state index is 13.7. The summed E-state index contributed by atoms with van der Waals surface area (Å²) in [6.45, 7) is 8.42. The molecule has 3 saturated heterocycles. The van der Waals surface area contributed by atoms with Crippen LogP contribution in [0.2, 0.25) is 18.1 Å². The highest BCUT2D eigenvalue weighted by molar-refractivity contribution is 6.82. The lowest BCUT2D eigenvalue weighted by molar-refractivity contribution is -0.176. The van der Waals surface area contributed by atoms with Crippen molar-refractivity contribution in [1.29, 1.82) is 5.26 Å². The molecule has 13 heteroatoms. The Labute approximate surface area is 222 Å². The molecule has 0 aromatic heterocycles. The number of nitrogens with zero attached hydrogens (tertiary/aromatic N) is 2. The smallest absolute Gasteiger partial charge is 0.351 e. The number of nitrogens with one attached hydrogen (secondary N) is 3. The second-order valence-corrected chi connectivity index (χ2v) is 17.6. The second kappa shape index (κ2) is 10.5. The summed E-state index contributed by atoms with van der Waals surface area (Å²) in [5, 5.41) is 17.1. The molecule has 3 fully saturated rings. The van der Waals surface area contributed by atoms with Crippen molar-refractivity contribution < 1.29 is 32.3 Å². The molecule has 0 bridgehead atoms. The Bertz CT molecular complexity index is 1010. The molecule has 0 aromatic carbocycles. The number of hydrogen-bond donors (Lipinski definition) is 3. The Morgan fingerprint density at radius 3 is 2.26 bits per heavy atom. The second-order valence-electron chi connectivity index (χ2n) is 12.9. The molecular weight excluding hydrogens is 519 g/mol. The van der Waals surface area contributed by atoms with Crippen molar-refractivity contribution in [3.8, 4) is 6.07 Å². The molecule has 0 aliphatic carbocycles. The molecule has 3 rings (SSSR count). The Kier molecular flexibility index (Phi) is 8.27. The van der Waals surface area contributed by atoms with Gasteiger partial charge in [-0.05, 0) is 38.1 Å². The summed E-state index contributed by atoms with van der Waals surface area (Å²) in [7, 11) is -2.07. The Morgan fingerprint density at radius 1 is 1.18 bits per heavy atom. The van der Waals surface area contributed by atoms with Crippen LogP contribution in [0.5, 0.6) is 0 Å². The molecule has 4 amide bonds. The van der Waals surface area contributed by atoms with Crippen LogP contribution in [0.25, 0.3) is 0 Å². The first-order valence-electron chi connectivity index (χ1n) is 13.1. The van der Waals surface area contributed by atoms with Crippen LogP contribution in [0.4, 0.5) is 13.2 Å². The van der Waals surface area contributed by atoms with Gasteiger partial charge in [-0.3, -0.25) is 19.2 Å². The van der Waals surface area contributed by atoms with E-state index in [2.05, 4.69) is 10.6 Å². The fraction of sp³-hybridized carbons (Fsp3) is 0.800. The maximum Gasteiger partial charge on any atom is 0.471 e. The molecule has 0 radical (unpaired) electrons. The van der Waals surface area contributed by atoms with Gasteiger partial charge in [-0.25, -0.2) is 0 Å². The molecule has 0 aromatic rings. The van der Waals surface area contributed by atoms with Gasteiger partial charge in [0.2, 0.25) is 17.7 Å². The molecule has 3 N–H and O–H groups in total. The van der Waals surface area contributed by atoms with Crippen LogP contribution < -0.4 is 16.0 Å². The first-order chi connectivity index (χ1) is 17.4. The molecule has 38 heavy (non-hydrogen) atoms. The zero-order valence-corrected chi connectivity index (χ0v) is 23.6. The third-order valence-corrected chi connectivity index (χ3v) is 13.1. The number of amides is 4. The van der Waals surface area contributed by atoms with Crippen molar-refractivity contribution >= 4 is 31.7 Å². The van der Waals surface area contributed by atoms with E-state index in [1.807, 2.05) is 25.2 Å². The molecular formula is C25H38F3N5O4Si. The van der Waals surface area contributed by atoms with E-state index in [-0.39, 0.29) is 12.3 Å². The van der Waals surface area contributed by atoms with E-state index in [0.29, 0.717) is 18.6 Å². The monoisotopic (exact) mass is 557 g/mol. The first kappa shape index (κ1) is 29.9. The van der Waals surface area contributed by atoms with Gasteiger partial charge in [0, 0.05) is 17.6 Å². The molecule has 3 heterocycles. The Morgan fingerprint density at radius 2 is 1.79 bits per heavy atom. The number of nitriles is 1. The van der Waals surface area contributed by atoms with Gasteiger partial charge >= 0.3 is 12.1 Å². The van der Waals surface area contributed by atoms with E-state index < -0.39 is 67.0 Å². The van der Waals surface area contributed by atoms with Crippen LogP contribution in [0.15, 0.2) is 0 Å². The minimum atomic E-state index is -5.16. The highest BCUT2D eigenvalue weighted by atomic mass is 28.3. The molecule has 3 aliphatic heterocycles. The molecule has 4 atom stereocenters. The third kappa shape index (κ3) is 6.68. The lowest BCUT2D eigenvalue weighted by Gasteiger charge is -2.36. The Hall–Kier alpha value is -2.62. The Balaban J connectivity index is 1.82. The summed E-state index contributed by atoms with van der Waals surface area (Å²) < 4.78 is 39.2. The van der Waals surface area contributed by atoms with Crippen molar-refractivity contribution in [2.75, 3.05) is 6.17 Å². The van der Waals surface area contributed by atoms with E-state index in [9.17, 15) is 37.6 Å². The minimum absolute atomic E-state index is 0.118. The largest absolute Gasteiger partial charge is 0.471 e. The SMILES string of the molecule is CC1(C)C[C@@H](C[C@@H](C#N)NC(=O)C2C[Si]3(CCCC3)CN2C(=O)[C@@H](NC(=O)C(F)(F)F)C(C)(C)C)C(=O)N1. The molecule has 9 nitrogen and oxygen atoms in total. The van der Waals surface area contributed by atoms with Crippen LogP contribution in [0, 0.1) is 22.7 Å². The molecule has 3 aliphatic rings. The van der Waals surface area contributed by atoms with Gasteiger partial charge in [0.1, 0.15) is 18.1 Å². The zero-order valence-electron chi connectivity index (χ0n) is 22.6. The number of halogens is 3. The predicted octanol–water partition coefficient (Wildman–Crippen LogP) is 2.39. The molecule has 1 spiro atoms. The quantitative estimate of drug-likeness (QED) is 0.432. The van der Waals surface area contributed by atoms with E-state index in [1.54, 1.807) is 20.8 Å². The highest BCUT2D eigenvalue weighted by Crippen LogP contribution is 2.42. The summed E-state index contributed by atoms with van der Waals surface area (Å²) in [6, 6.07) is 0.929.